The fourth-order valence-electron chi connectivity index (χ4n) is 4.74. The molecule has 0 atom stereocenters. The molecule has 1 aromatic carbocycles. The van der Waals surface area contributed by atoms with Gasteiger partial charge in [0.1, 0.15) is 0 Å². The standard InChI is InChI=1S/C26H33N5O4S/c1-5-20-16-25(28-26(27-20)35-4)31(36(33)34)22-11-9-21(10-12-22)30-18(2)15-23(19(30)3)24(32)17-29-13-7-6-8-14-29/h9-12,15-16,36H,5-8,13-14,17H2,1-4H3. The van der Waals surface area contributed by atoms with Crippen LogP contribution in [0, 0.1) is 13.8 Å². The van der Waals surface area contributed by atoms with E-state index >= 15 is 0 Å². The van der Waals surface area contributed by atoms with E-state index in [9.17, 15) is 13.2 Å². The number of thiol groups is 1. The van der Waals surface area contributed by atoms with Crippen molar-refractivity contribution in [3.8, 4) is 11.7 Å². The second-order valence-corrected chi connectivity index (χ2v) is 9.88. The van der Waals surface area contributed by atoms with Crippen LogP contribution in [0.4, 0.5) is 11.5 Å². The Bertz CT molecular complexity index is 1280. The molecule has 1 aliphatic heterocycles. The van der Waals surface area contributed by atoms with Crippen molar-refractivity contribution in [2.45, 2.75) is 46.5 Å². The van der Waals surface area contributed by atoms with Crippen molar-refractivity contribution >= 4 is 28.2 Å². The number of piperidine rings is 1. The van der Waals surface area contributed by atoms with Gasteiger partial charge < -0.3 is 9.30 Å². The van der Waals surface area contributed by atoms with Crippen molar-refractivity contribution in [1.82, 2.24) is 19.4 Å². The first-order valence-corrected chi connectivity index (χ1v) is 13.4. The van der Waals surface area contributed by atoms with Gasteiger partial charge in [0.05, 0.1) is 19.3 Å². The zero-order valence-electron chi connectivity index (χ0n) is 21.2. The molecule has 4 rings (SSSR count). The van der Waals surface area contributed by atoms with Crippen molar-refractivity contribution in [2.24, 2.45) is 0 Å². The number of carbonyl (C=O) groups is 1. The molecule has 1 saturated heterocycles. The minimum atomic E-state index is -3.01. The number of aryl methyl sites for hydroxylation is 2. The number of benzene rings is 1. The van der Waals surface area contributed by atoms with Crippen molar-refractivity contribution in [1.29, 1.82) is 0 Å². The highest BCUT2D eigenvalue weighted by Gasteiger charge is 2.21. The van der Waals surface area contributed by atoms with Crippen LogP contribution in [0.3, 0.4) is 0 Å². The number of anilines is 2. The lowest BCUT2D eigenvalue weighted by Gasteiger charge is -2.25. The lowest BCUT2D eigenvalue weighted by atomic mass is 10.1. The molecule has 1 aliphatic rings. The van der Waals surface area contributed by atoms with Crippen LogP contribution < -0.4 is 9.04 Å². The highest BCUT2D eigenvalue weighted by molar-refractivity contribution is 7.74. The predicted octanol–water partition coefficient (Wildman–Crippen LogP) is 3.79. The summed E-state index contributed by atoms with van der Waals surface area (Å²) in [5, 5.41) is 0. The van der Waals surface area contributed by atoms with Gasteiger partial charge in [-0.1, -0.05) is 13.3 Å². The number of carbonyl (C=O) groups excluding carboxylic acids is 1. The third-order valence-electron chi connectivity index (χ3n) is 6.57. The minimum Gasteiger partial charge on any atom is -0.467 e. The average Bonchev–Trinajstić information content (AvgIpc) is 3.18. The van der Waals surface area contributed by atoms with Gasteiger partial charge in [-0.2, -0.15) is 4.98 Å². The Kier molecular flexibility index (Phi) is 8.05. The molecule has 9 nitrogen and oxygen atoms in total. The zero-order chi connectivity index (χ0) is 25.8. The van der Waals surface area contributed by atoms with Crippen LogP contribution in [0.1, 0.15) is 53.6 Å². The fourth-order valence-corrected chi connectivity index (χ4v) is 5.33. The molecule has 0 aliphatic carbocycles. The molecule has 3 aromatic rings. The van der Waals surface area contributed by atoms with Crippen LogP contribution in [0.5, 0.6) is 6.01 Å². The molecule has 1 fully saturated rings. The monoisotopic (exact) mass is 511 g/mol. The summed E-state index contributed by atoms with van der Waals surface area (Å²) in [5.74, 6) is 0.355. The molecule has 0 bridgehead atoms. The number of methoxy groups -OCH3 is 1. The van der Waals surface area contributed by atoms with Gasteiger partial charge in [-0.05, 0) is 76.5 Å². The summed E-state index contributed by atoms with van der Waals surface area (Å²) in [4.78, 5) is 23.8. The highest BCUT2D eigenvalue weighted by Crippen LogP contribution is 2.29. The van der Waals surface area contributed by atoms with Gasteiger partial charge >= 0.3 is 6.01 Å². The number of ketones is 1. The maximum atomic E-state index is 13.1. The van der Waals surface area contributed by atoms with Crippen LogP contribution >= 0.6 is 0 Å². The lowest BCUT2D eigenvalue weighted by molar-refractivity contribution is 0.0915. The number of hydrogen-bond acceptors (Lipinski definition) is 7. The molecule has 0 amide bonds. The van der Waals surface area contributed by atoms with Gasteiger partial charge in [-0.3, -0.25) is 9.69 Å². The Balaban J connectivity index is 1.62. The van der Waals surface area contributed by atoms with Gasteiger partial charge in [0.2, 0.25) is 10.9 Å². The van der Waals surface area contributed by atoms with E-state index in [4.69, 9.17) is 4.74 Å². The molecule has 2 aromatic heterocycles. The number of ether oxygens (including phenoxy) is 1. The first kappa shape index (κ1) is 25.8. The summed E-state index contributed by atoms with van der Waals surface area (Å²) in [6.07, 6.45) is 4.13. The molecule has 0 saturated carbocycles. The molecular weight excluding hydrogens is 478 g/mol. The van der Waals surface area contributed by atoms with Crippen LogP contribution in [0.2, 0.25) is 0 Å². The molecule has 3 heterocycles. The van der Waals surface area contributed by atoms with Gasteiger partial charge in [-0.15, -0.1) is 0 Å². The maximum Gasteiger partial charge on any atom is 0.318 e. The van der Waals surface area contributed by atoms with E-state index in [1.807, 2.05) is 43.5 Å². The smallest absolute Gasteiger partial charge is 0.318 e. The van der Waals surface area contributed by atoms with Crippen LogP contribution in [-0.4, -0.2) is 60.4 Å². The number of aromatic nitrogens is 3. The average molecular weight is 512 g/mol. The second kappa shape index (κ2) is 11.2. The molecular formula is C26H33N5O4S. The Labute approximate surface area is 213 Å². The molecule has 0 unspecified atom stereocenters. The second-order valence-electron chi connectivity index (χ2n) is 9.00. The summed E-state index contributed by atoms with van der Waals surface area (Å²) in [6, 6.07) is 10.8. The Morgan fingerprint density at radius 1 is 1.06 bits per heavy atom. The van der Waals surface area contributed by atoms with Crippen LogP contribution in [0.25, 0.3) is 5.69 Å². The van der Waals surface area contributed by atoms with Crippen molar-refractivity contribution in [3.63, 3.8) is 0 Å². The maximum absolute atomic E-state index is 13.1. The SMILES string of the molecule is CCc1cc(N(c2ccc(-n3c(C)cc(C(=O)CN4CCCCC4)c3C)cc2)[SH](=O)=O)nc(OC)n1. The van der Waals surface area contributed by atoms with Crippen LogP contribution in [-0.2, 0) is 17.3 Å². The van der Waals surface area contributed by atoms with E-state index in [1.165, 1.54) is 13.5 Å². The summed E-state index contributed by atoms with van der Waals surface area (Å²) in [7, 11) is -1.56. The number of hydrogen-bond donors (Lipinski definition) is 1. The van der Waals surface area contributed by atoms with Crippen molar-refractivity contribution in [2.75, 3.05) is 31.0 Å². The van der Waals surface area contributed by atoms with Gasteiger partial charge in [0.25, 0.3) is 0 Å². The predicted molar refractivity (Wildman–Crippen MR) is 140 cm³/mol. The number of nitrogens with zero attached hydrogens (tertiary/aromatic N) is 5. The van der Waals surface area contributed by atoms with E-state index in [2.05, 4.69) is 14.9 Å². The molecule has 0 spiro atoms. The van der Waals surface area contributed by atoms with E-state index in [1.54, 1.807) is 18.2 Å². The zero-order valence-corrected chi connectivity index (χ0v) is 22.1. The summed E-state index contributed by atoms with van der Waals surface area (Å²) in [5.41, 5.74) is 4.52. The third-order valence-corrected chi connectivity index (χ3v) is 7.33. The molecule has 10 heteroatoms. The van der Waals surface area contributed by atoms with Gasteiger partial charge in [-0.25, -0.2) is 17.7 Å². The first-order valence-electron chi connectivity index (χ1n) is 12.2. The Hall–Kier alpha value is -3.24. The molecule has 0 N–H and O–H groups in total. The molecule has 36 heavy (non-hydrogen) atoms. The third kappa shape index (κ3) is 5.44. The largest absolute Gasteiger partial charge is 0.467 e. The summed E-state index contributed by atoms with van der Waals surface area (Å²) in [6.45, 7) is 8.24. The number of Topliss-reactive ketones (excluding diaryl/α,β-unsaturated/α-hetero) is 1. The van der Waals surface area contributed by atoms with Crippen molar-refractivity contribution in [3.05, 3.63) is 59.0 Å². The topological polar surface area (TPSA) is 97.6 Å². The number of rotatable bonds is 9. The van der Waals surface area contributed by atoms with Crippen LogP contribution in [0.15, 0.2) is 36.4 Å². The summed E-state index contributed by atoms with van der Waals surface area (Å²) < 4.78 is 32.8. The van der Waals surface area contributed by atoms with Gasteiger partial charge in [0, 0.05) is 34.4 Å². The lowest BCUT2D eigenvalue weighted by Crippen LogP contribution is -2.34. The van der Waals surface area contributed by atoms with E-state index in [0.717, 1.165) is 52.9 Å². The fraction of sp³-hybridized carbons (Fsp3) is 0.423. The number of likely N-dealkylation sites (tertiary alicyclic amines) is 1. The van der Waals surface area contributed by atoms with Crippen molar-refractivity contribution < 1.29 is 17.9 Å². The first-order chi connectivity index (χ1) is 17.3. The molecule has 0 radical (unpaired) electrons. The Morgan fingerprint density at radius 2 is 1.75 bits per heavy atom. The highest BCUT2D eigenvalue weighted by atomic mass is 32.2. The van der Waals surface area contributed by atoms with E-state index in [-0.39, 0.29) is 17.6 Å². The van der Waals surface area contributed by atoms with E-state index < -0.39 is 10.9 Å². The normalized spacial score (nSPS) is 14.2. The molecule has 192 valence electrons. The summed E-state index contributed by atoms with van der Waals surface area (Å²) >= 11 is 0. The minimum absolute atomic E-state index is 0.114. The quantitative estimate of drug-likeness (QED) is 0.345. The van der Waals surface area contributed by atoms with Gasteiger partial charge in [0.15, 0.2) is 11.6 Å². The van der Waals surface area contributed by atoms with E-state index in [0.29, 0.717) is 24.3 Å². The Morgan fingerprint density at radius 3 is 2.36 bits per heavy atom.